The van der Waals surface area contributed by atoms with E-state index in [0.717, 1.165) is 16.9 Å². The van der Waals surface area contributed by atoms with Crippen molar-refractivity contribution in [1.82, 2.24) is 15.1 Å². The summed E-state index contributed by atoms with van der Waals surface area (Å²) in [6.45, 7) is 2.29. The highest BCUT2D eigenvalue weighted by Gasteiger charge is 2.28. The Morgan fingerprint density at radius 3 is 2.67 bits per heavy atom. The molecular weight excluding hydrogens is 270 g/mol. The minimum absolute atomic E-state index is 0.181. The maximum absolute atomic E-state index is 12.2. The van der Waals surface area contributed by atoms with Gasteiger partial charge in [-0.15, -0.1) is 0 Å². The molecule has 3 rings (SSSR count). The van der Waals surface area contributed by atoms with E-state index in [1.165, 1.54) is 6.92 Å². The summed E-state index contributed by atoms with van der Waals surface area (Å²) in [5.74, 6) is 0.309. The summed E-state index contributed by atoms with van der Waals surface area (Å²) < 4.78 is 0. The van der Waals surface area contributed by atoms with Crippen molar-refractivity contribution in [3.8, 4) is 0 Å². The Labute approximate surface area is 121 Å². The summed E-state index contributed by atoms with van der Waals surface area (Å²) in [7, 11) is 0. The molecule has 0 bridgehead atoms. The first-order valence-electron chi connectivity index (χ1n) is 6.58. The van der Waals surface area contributed by atoms with Gasteiger partial charge in [0.15, 0.2) is 5.82 Å². The fraction of sp³-hybridized carbons (Fsp3) is 0.214. The molecule has 0 fully saturated rings. The van der Waals surface area contributed by atoms with Crippen LogP contribution >= 0.6 is 0 Å². The molecule has 1 aromatic heterocycles. The molecule has 0 saturated heterocycles. The number of nitrogens with one attached hydrogen (secondary N) is 3. The van der Waals surface area contributed by atoms with E-state index < -0.39 is 0 Å². The number of urea groups is 1. The first-order chi connectivity index (χ1) is 10.1. The normalized spacial score (nSPS) is 12.9. The number of carbonyl (C=O) groups excluding carboxylic acids is 2. The van der Waals surface area contributed by atoms with Crippen molar-refractivity contribution in [3.63, 3.8) is 0 Å². The Morgan fingerprint density at radius 2 is 1.95 bits per heavy atom. The van der Waals surface area contributed by atoms with Gasteiger partial charge in [-0.1, -0.05) is 18.2 Å². The van der Waals surface area contributed by atoms with Crippen molar-refractivity contribution in [1.29, 1.82) is 0 Å². The lowest BCUT2D eigenvalue weighted by atomic mass is 10.3. The number of H-pyrrole nitrogens is 1. The Bertz CT molecular complexity index is 680. The van der Waals surface area contributed by atoms with Crippen LogP contribution in [0.4, 0.5) is 16.3 Å². The SMILES string of the molecule is CC(=O)Nc1n[nH]c2c1CN(C(=O)Nc1ccccc1)C2. The number of aromatic nitrogens is 2. The zero-order valence-electron chi connectivity index (χ0n) is 11.5. The molecule has 0 spiro atoms. The molecule has 7 nitrogen and oxygen atoms in total. The largest absolute Gasteiger partial charge is 0.322 e. The quantitative estimate of drug-likeness (QED) is 0.787. The second-order valence-electron chi connectivity index (χ2n) is 4.86. The molecule has 0 aliphatic carbocycles. The summed E-state index contributed by atoms with van der Waals surface area (Å²) in [5.41, 5.74) is 2.45. The van der Waals surface area contributed by atoms with Crippen LogP contribution in [0.3, 0.4) is 0 Å². The number of amides is 3. The van der Waals surface area contributed by atoms with Gasteiger partial charge in [-0.2, -0.15) is 5.10 Å². The molecule has 7 heteroatoms. The zero-order chi connectivity index (χ0) is 14.8. The molecule has 108 valence electrons. The standard InChI is InChI=1S/C14H15N5O2/c1-9(20)15-13-11-7-19(8-12(11)17-18-13)14(21)16-10-5-3-2-4-6-10/h2-6H,7-8H2,1H3,(H,16,21)(H2,15,17,18,20). The number of benzene rings is 1. The van der Waals surface area contributed by atoms with Crippen LogP contribution in [-0.2, 0) is 17.9 Å². The average molecular weight is 285 g/mol. The predicted molar refractivity (Wildman–Crippen MR) is 77.6 cm³/mol. The topological polar surface area (TPSA) is 90.1 Å². The number of hydrogen-bond acceptors (Lipinski definition) is 3. The van der Waals surface area contributed by atoms with Crippen LogP contribution < -0.4 is 10.6 Å². The van der Waals surface area contributed by atoms with E-state index in [1.807, 2.05) is 30.3 Å². The molecule has 0 saturated carbocycles. The van der Waals surface area contributed by atoms with Crippen LogP contribution in [0.1, 0.15) is 18.2 Å². The molecule has 1 aliphatic rings. The Hall–Kier alpha value is -2.83. The van der Waals surface area contributed by atoms with E-state index in [0.29, 0.717) is 18.9 Å². The number of nitrogens with zero attached hydrogens (tertiary/aromatic N) is 2. The number of fused-ring (bicyclic) bond motifs is 1. The lowest BCUT2D eigenvalue weighted by Crippen LogP contribution is -2.30. The van der Waals surface area contributed by atoms with E-state index in [2.05, 4.69) is 20.8 Å². The van der Waals surface area contributed by atoms with Gasteiger partial charge < -0.3 is 15.5 Å². The van der Waals surface area contributed by atoms with Crippen LogP contribution in [0.2, 0.25) is 0 Å². The average Bonchev–Trinajstić information content (AvgIpc) is 3.02. The maximum Gasteiger partial charge on any atom is 0.322 e. The first-order valence-corrected chi connectivity index (χ1v) is 6.58. The number of aromatic amines is 1. The number of para-hydroxylation sites is 1. The Kier molecular flexibility index (Phi) is 3.31. The van der Waals surface area contributed by atoms with Crippen molar-refractivity contribution >= 4 is 23.4 Å². The monoisotopic (exact) mass is 285 g/mol. The van der Waals surface area contributed by atoms with Crippen LogP contribution in [-0.4, -0.2) is 27.0 Å². The predicted octanol–water partition coefficient (Wildman–Crippen LogP) is 1.92. The number of carbonyl (C=O) groups is 2. The number of anilines is 2. The van der Waals surface area contributed by atoms with E-state index >= 15 is 0 Å². The summed E-state index contributed by atoms with van der Waals surface area (Å²) in [6.07, 6.45) is 0. The van der Waals surface area contributed by atoms with Gasteiger partial charge in [-0.05, 0) is 12.1 Å². The third-order valence-electron chi connectivity index (χ3n) is 3.26. The number of rotatable bonds is 2. The van der Waals surface area contributed by atoms with E-state index in [9.17, 15) is 9.59 Å². The second-order valence-corrected chi connectivity index (χ2v) is 4.86. The van der Waals surface area contributed by atoms with Gasteiger partial charge in [0.05, 0.1) is 18.8 Å². The van der Waals surface area contributed by atoms with E-state index in [4.69, 9.17) is 0 Å². The molecule has 0 atom stereocenters. The van der Waals surface area contributed by atoms with Gasteiger partial charge >= 0.3 is 6.03 Å². The van der Waals surface area contributed by atoms with E-state index in [1.54, 1.807) is 4.90 Å². The fourth-order valence-electron chi connectivity index (χ4n) is 2.28. The zero-order valence-corrected chi connectivity index (χ0v) is 11.5. The molecule has 21 heavy (non-hydrogen) atoms. The highest BCUT2D eigenvalue weighted by atomic mass is 16.2. The van der Waals surface area contributed by atoms with Crippen LogP contribution in [0, 0.1) is 0 Å². The summed E-state index contributed by atoms with van der Waals surface area (Å²) >= 11 is 0. The Balaban J connectivity index is 1.68. The first kappa shape index (κ1) is 13.2. The van der Waals surface area contributed by atoms with Crippen LogP contribution in [0.5, 0.6) is 0 Å². The van der Waals surface area contributed by atoms with Crippen molar-refractivity contribution < 1.29 is 9.59 Å². The maximum atomic E-state index is 12.2. The lowest BCUT2D eigenvalue weighted by Gasteiger charge is -2.16. The van der Waals surface area contributed by atoms with Crippen molar-refractivity contribution in [2.45, 2.75) is 20.0 Å². The second kappa shape index (κ2) is 5.28. The molecule has 1 aliphatic heterocycles. The molecule has 3 N–H and O–H groups in total. The highest BCUT2D eigenvalue weighted by Crippen LogP contribution is 2.27. The van der Waals surface area contributed by atoms with Crippen molar-refractivity contribution in [3.05, 3.63) is 41.6 Å². The van der Waals surface area contributed by atoms with Crippen LogP contribution in [0.25, 0.3) is 0 Å². The third kappa shape index (κ3) is 2.71. The van der Waals surface area contributed by atoms with Crippen molar-refractivity contribution in [2.24, 2.45) is 0 Å². The highest BCUT2D eigenvalue weighted by molar-refractivity contribution is 5.91. The van der Waals surface area contributed by atoms with Gasteiger partial charge in [0.25, 0.3) is 0 Å². The van der Waals surface area contributed by atoms with Gasteiger partial charge in [0.2, 0.25) is 5.91 Å². The number of hydrogen-bond donors (Lipinski definition) is 3. The molecular formula is C14H15N5O2. The fourth-order valence-corrected chi connectivity index (χ4v) is 2.28. The van der Waals surface area contributed by atoms with Gasteiger partial charge in [-0.25, -0.2) is 4.79 Å². The van der Waals surface area contributed by atoms with Crippen molar-refractivity contribution in [2.75, 3.05) is 10.6 Å². The minimum atomic E-state index is -0.184. The molecule has 2 aromatic rings. The van der Waals surface area contributed by atoms with Crippen LogP contribution in [0.15, 0.2) is 30.3 Å². The molecule has 0 unspecified atom stereocenters. The smallest absolute Gasteiger partial charge is 0.314 e. The summed E-state index contributed by atoms with van der Waals surface area (Å²) in [5, 5.41) is 12.4. The Morgan fingerprint density at radius 1 is 1.19 bits per heavy atom. The molecule has 2 heterocycles. The summed E-state index contributed by atoms with van der Waals surface area (Å²) in [4.78, 5) is 25.0. The van der Waals surface area contributed by atoms with Gasteiger partial charge in [0.1, 0.15) is 0 Å². The minimum Gasteiger partial charge on any atom is -0.314 e. The van der Waals surface area contributed by atoms with E-state index in [-0.39, 0.29) is 11.9 Å². The lowest BCUT2D eigenvalue weighted by molar-refractivity contribution is -0.114. The molecule has 0 radical (unpaired) electrons. The third-order valence-corrected chi connectivity index (χ3v) is 3.26. The molecule has 3 amide bonds. The molecule has 1 aromatic carbocycles. The van der Waals surface area contributed by atoms with Gasteiger partial charge in [-0.3, -0.25) is 9.89 Å². The summed E-state index contributed by atoms with van der Waals surface area (Å²) in [6, 6.07) is 9.10. The van der Waals surface area contributed by atoms with Gasteiger partial charge in [0, 0.05) is 18.2 Å².